The summed E-state index contributed by atoms with van der Waals surface area (Å²) in [6, 6.07) is 9.79. The van der Waals surface area contributed by atoms with E-state index >= 15 is 0 Å². The van der Waals surface area contributed by atoms with Gasteiger partial charge in [0.15, 0.2) is 0 Å². The lowest BCUT2D eigenvalue weighted by molar-refractivity contribution is -0.115. The van der Waals surface area contributed by atoms with Crippen molar-refractivity contribution in [2.75, 3.05) is 18.5 Å². The van der Waals surface area contributed by atoms with Crippen LogP contribution >= 0.6 is 0 Å². The minimum Gasteiger partial charge on any atom is -0.494 e. The average molecular weight is 366 g/mol. The van der Waals surface area contributed by atoms with Crippen LogP contribution in [0, 0.1) is 12.7 Å². The first-order chi connectivity index (χ1) is 11.8. The number of hydrogen-bond acceptors (Lipinski definition) is 4. The van der Waals surface area contributed by atoms with E-state index in [4.69, 9.17) is 4.74 Å². The van der Waals surface area contributed by atoms with E-state index < -0.39 is 28.3 Å². The standard InChI is InChI=1S/C17H19FN2O4S/c1-3-24-14-5-7-15(8-6-14)25(22,23)19-11-17(21)20-16-9-4-13(18)10-12(16)2/h4-10,19H,3,11H2,1-2H3,(H,20,21). The molecule has 1 amide bonds. The van der Waals surface area contributed by atoms with Crippen LogP contribution < -0.4 is 14.8 Å². The molecular formula is C17H19FN2O4S. The number of carbonyl (C=O) groups excluding carboxylic acids is 1. The molecule has 0 spiro atoms. The Labute approximate surface area is 146 Å². The van der Waals surface area contributed by atoms with Crippen LogP contribution in [0.15, 0.2) is 47.4 Å². The zero-order valence-corrected chi connectivity index (χ0v) is 14.7. The monoisotopic (exact) mass is 366 g/mol. The summed E-state index contributed by atoms with van der Waals surface area (Å²) in [5, 5.41) is 2.53. The van der Waals surface area contributed by atoms with Crippen molar-refractivity contribution in [3.63, 3.8) is 0 Å². The Kier molecular flexibility index (Phi) is 6.11. The van der Waals surface area contributed by atoms with Crippen molar-refractivity contribution < 1.29 is 22.3 Å². The molecule has 6 nitrogen and oxygen atoms in total. The summed E-state index contributed by atoms with van der Waals surface area (Å²) in [5.41, 5.74) is 0.967. The van der Waals surface area contributed by atoms with Gasteiger partial charge in [-0.05, 0) is 61.9 Å². The Morgan fingerprint density at radius 2 is 1.84 bits per heavy atom. The zero-order chi connectivity index (χ0) is 18.4. The summed E-state index contributed by atoms with van der Waals surface area (Å²) in [6.07, 6.45) is 0. The van der Waals surface area contributed by atoms with Gasteiger partial charge in [-0.2, -0.15) is 0 Å². The summed E-state index contributed by atoms with van der Waals surface area (Å²) in [4.78, 5) is 11.9. The molecule has 25 heavy (non-hydrogen) atoms. The van der Waals surface area contributed by atoms with Crippen LogP contribution in [0.5, 0.6) is 5.75 Å². The SMILES string of the molecule is CCOc1ccc(S(=O)(=O)NCC(=O)Nc2ccc(F)cc2C)cc1. The summed E-state index contributed by atoms with van der Waals surface area (Å²) in [5.74, 6) is -0.401. The Bertz CT molecular complexity index is 851. The number of aryl methyl sites for hydroxylation is 1. The molecule has 0 saturated heterocycles. The van der Waals surface area contributed by atoms with Crippen LogP contribution in [-0.2, 0) is 14.8 Å². The van der Waals surface area contributed by atoms with Gasteiger partial charge in [0.2, 0.25) is 15.9 Å². The number of nitrogens with one attached hydrogen (secondary N) is 2. The predicted octanol–water partition coefficient (Wildman–Crippen LogP) is 2.45. The highest BCUT2D eigenvalue weighted by atomic mass is 32.2. The molecule has 2 N–H and O–H groups in total. The van der Waals surface area contributed by atoms with Crippen molar-refractivity contribution in [2.24, 2.45) is 0 Å². The lowest BCUT2D eigenvalue weighted by atomic mass is 10.2. The van der Waals surface area contributed by atoms with Crippen LogP contribution in [0.1, 0.15) is 12.5 Å². The van der Waals surface area contributed by atoms with Crippen LogP contribution in [0.25, 0.3) is 0 Å². The fourth-order valence-corrected chi connectivity index (χ4v) is 3.07. The van der Waals surface area contributed by atoms with E-state index in [2.05, 4.69) is 10.0 Å². The smallest absolute Gasteiger partial charge is 0.241 e. The van der Waals surface area contributed by atoms with Gasteiger partial charge in [-0.15, -0.1) is 0 Å². The maximum atomic E-state index is 13.0. The van der Waals surface area contributed by atoms with Crippen LogP contribution in [0.2, 0.25) is 0 Å². The normalized spacial score (nSPS) is 11.2. The molecule has 2 aromatic rings. The fourth-order valence-electron chi connectivity index (χ4n) is 2.09. The molecule has 8 heteroatoms. The number of anilines is 1. The second-order valence-corrected chi connectivity index (χ2v) is 7.00. The van der Waals surface area contributed by atoms with E-state index in [9.17, 15) is 17.6 Å². The van der Waals surface area contributed by atoms with Crippen molar-refractivity contribution in [3.05, 3.63) is 53.8 Å². The Morgan fingerprint density at radius 3 is 2.44 bits per heavy atom. The van der Waals surface area contributed by atoms with Gasteiger partial charge in [-0.25, -0.2) is 17.5 Å². The van der Waals surface area contributed by atoms with E-state index in [1.807, 2.05) is 6.92 Å². The highest BCUT2D eigenvalue weighted by Crippen LogP contribution is 2.17. The first-order valence-corrected chi connectivity index (χ1v) is 9.08. The predicted molar refractivity (Wildman–Crippen MR) is 92.6 cm³/mol. The first-order valence-electron chi connectivity index (χ1n) is 7.60. The number of ether oxygens (including phenoxy) is 1. The average Bonchev–Trinajstić information content (AvgIpc) is 2.57. The van der Waals surface area contributed by atoms with Crippen molar-refractivity contribution >= 4 is 21.6 Å². The third-order valence-electron chi connectivity index (χ3n) is 3.33. The van der Waals surface area contributed by atoms with Gasteiger partial charge < -0.3 is 10.1 Å². The summed E-state index contributed by atoms with van der Waals surface area (Å²) >= 11 is 0. The molecule has 0 aliphatic rings. The topological polar surface area (TPSA) is 84.5 Å². The highest BCUT2D eigenvalue weighted by Gasteiger charge is 2.16. The van der Waals surface area contributed by atoms with E-state index in [0.29, 0.717) is 23.6 Å². The van der Waals surface area contributed by atoms with Gasteiger partial charge in [0, 0.05) is 5.69 Å². The third kappa shape index (κ3) is 5.27. The molecular weight excluding hydrogens is 347 g/mol. The summed E-state index contributed by atoms with van der Waals surface area (Å²) in [6.45, 7) is 3.51. The van der Waals surface area contributed by atoms with E-state index in [-0.39, 0.29) is 4.90 Å². The number of amides is 1. The van der Waals surface area contributed by atoms with Crippen molar-refractivity contribution in [3.8, 4) is 5.75 Å². The largest absolute Gasteiger partial charge is 0.494 e. The second kappa shape index (κ2) is 8.09. The molecule has 2 rings (SSSR count). The molecule has 0 aliphatic heterocycles. The Balaban J connectivity index is 1.97. The van der Waals surface area contributed by atoms with Gasteiger partial charge >= 0.3 is 0 Å². The number of sulfonamides is 1. The van der Waals surface area contributed by atoms with Gasteiger partial charge in [-0.1, -0.05) is 0 Å². The molecule has 0 fully saturated rings. The van der Waals surface area contributed by atoms with E-state index in [1.54, 1.807) is 19.1 Å². The van der Waals surface area contributed by atoms with Crippen molar-refractivity contribution in [2.45, 2.75) is 18.7 Å². The summed E-state index contributed by atoms with van der Waals surface area (Å²) in [7, 11) is -3.82. The summed E-state index contributed by atoms with van der Waals surface area (Å²) < 4.78 is 44.9. The Hall–Kier alpha value is -2.45. The molecule has 0 aliphatic carbocycles. The van der Waals surface area contributed by atoms with Crippen LogP contribution in [-0.4, -0.2) is 27.5 Å². The quantitative estimate of drug-likeness (QED) is 0.788. The van der Waals surface area contributed by atoms with E-state index in [1.165, 1.54) is 30.3 Å². The Morgan fingerprint density at radius 1 is 1.16 bits per heavy atom. The first kappa shape index (κ1) is 18.9. The number of rotatable bonds is 7. The van der Waals surface area contributed by atoms with Gasteiger partial charge in [0.25, 0.3) is 0 Å². The second-order valence-electron chi connectivity index (χ2n) is 5.24. The molecule has 0 saturated carbocycles. The zero-order valence-electron chi connectivity index (χ0n) is 13.9. The highest BCUT2D eigenvalue weighted by molar-refractivity contribution is 7.89. The molecule has 0 heterocycles. The molecule has 2 aromatic carbocycles. The lowest BCUT2D eigenvalue weighted by Gasteiger charge is -2.10. The van der Waals surface area contributed by atoms with Crippen molar-refractivity contribution in [1.82, 2.24) is 4.72 Å². The van der Waals surface area contributed by atoms with E-state index in [0.717, 1.165) is 0 Å². The maximum absolute atomic E-state index is 13.0. The van der Waals surface area contributed by atoms with Crippen molar-refractivity contribution in [1.29, 1.82) is 0 Å². The molecule has 0 aromatic heterocycles. The van der Waals surface area contributed by atoms with Crippen LogP contribution in [0.4, 0.5) is 10.1 Å². The number of carbonyl (C=O) groups is 1. The number of benzene rings is 2. The molecule has 0 bridgehead atoms. The minimum absolute atomic E-state index is 0.0294. The molecule has 0 unspecified atom stereocenters. The van der Waals surface area contributed by atoms with Gasteiger partial charge in [-0.3, -0.25) is 4.79 Å². The number of halogens is 1. The van der Waals surface area contributed by atoms with Gasteiger partial charge in [0.05, 0.1) is 18.0 Å². The molecule has 0 radical (unpaired) electrons. The minimum atomic E-state index is -3.82. The number of hydrogen-bond donors (Lipinski definition) is 2. The third-order valence-corrected chi connectivity index (χ3v) is 4.75. The lowest BCUT2D eigenvalue weighted by Crippen LogP contribution is -2.33. The maximum Gasteiger partial charge on any atom is 0.241 e. The molecule has 134 valence electrons. The van der Waals surface area contributed by atoms with Crippen LogP contribution in [0.3, 0.4) is 0 Å². The molecule has 0 atom stereocenters. The van der Waals surface area contributed by atoms with Gasteiger partial charge in [0.1, 0.15) is 11.6 Å². The fraction of sp³-hybridized carbons (Fsp3) is 0.235.